The molecule has 1 atom stereocenters. The number of rotatable bonds is 6. The topological polar surface area (TPSA) is 40.5 Å². The number of carboxylic acids is 1. The number of hydrogen-bond donors (Lipinski definition) is 1. The minimum absolute atomic E-state index is 0.292. The van der Waals surface area contributed by atoms with Gasteiger partial charge in [0.15, 0.2) is 0 Å². The van der Waals surface area contributed by atoms with Crippen molar-refractivity contribution >= 4 is 5.97 Å². The van der Waals surface area contributed by atoms with Gasteiger partial charge in [0.05, 0.1) is 0 Å². The second-order valence-electron chi connectivity index (χ2n) is 5.39. The molecule has 0 aromatic heterocycles. The Morgan fingerprint density at radius 2 is 2.00 bits per heavy atom. The maximum Gasteiger partial charge on any atom is 0.320 e. The molecule has 1 aromatic rings. The maximum absolute atomic E-state index is 11.1. The smallest absolute Gasteiger partial charge is 0.320 e. The highest BCUT2D eigenvalue weighted by Crippen LogP contribution is 2.20. The van der Waals surface area contributed by atoms with Gasteiger partial charge in [0, 0.05) is 6.54 Å². The normalized spacial score (nSPS) is 19.7. The van der Waals surface area contributed by atoms with Crippen molar-refractivity contribution in [2.45, 2.75) is 51.6 Å². The number of benzene rings is 1. The molecule has 1 aromatic carbocycles. The third kappa shape index (κ3) is 3.80. The summed E-state index contributed by atoms with van der Waals surface area (Å²) in [4.78, 5) is 13.2. The number of carbonyl (C=O) groups is 1. The van der Waals surface area contributed by atoms with Crippen LogP contribution in [0.2, 0.25) is 0 Å². The fraction of sp³-hybridized carbons (Fsp3) is 0.562. The van der Waals surface area contributed by atoms with Gasteiger partial charge in [-0.15, -0.1) is 0 Å². The standard InChI is InChI=1S/C16H23NO2/c1-2-3-5-13-7-9-14(10-8-13)12-17-11-4-6-15(17)16(18)19/h7-10,15H,2-6,11-12H2,1H3,(H,18,19). The largest absolute Gasteiger partial charge is 0.480 e. The molecule has 1 unspecified atom stereocenters. The van der Waals surface area contributed by atoms with Crippen LogP contribution >= 0.6 is 0 Å². The molecule has 0 amide bonds. The zero-order valence-corrected chi connectivity index (χ0v) is 11.6. The van der Waals surface area contributed by atoms with Crippen molar-refractivity contribution in [1.82, 2.24) is 4.90 Å². The third-order valence-corrected chi connectivity index (χ3v) is 3.88. The van der Waals surface area contributed by atoms with Crippen LogP contribution < -0.4 is 0 Å². The molecule has 2 rings (SSSR count). The highest BCUT2D eigenvalue weighted by Gasteiger charge is 2.30. The van der Waals surface area contributed by atoms with E-state index in [0.717, 1.165) is 32.4 Å². The Balaban J connectivity index is 1.93. The molecule has 1 saturated heterocycles. The number of carboxylic acid groups (broad SMARTS) is 1. The molecule has 1 fully saturated rings. The van der Waals surface area contributed by atoms with Gasteiger partial charge in [0.2, 0.25) is 0 Å². The summed E-state index contributed by atoms with van der Waals surface area (Å²) in [6.07, 6.45) is 5.36. The number of aryl methyl sites for hydroxylation is 1. The van der Waals surface area contributed by atoms with E-state index in [1.54, 1.807) is 0 Å². The maximum atomic E-state index is 11.1. The molecule has 0 aliphatic carbocycles. The number of likely N-dealkylation sites (tertiary alicyclic amines) is 1. The van der Waals surface area contributed by atoms with E-state index >= 15 is 0 Å². The van der Waals surface area contributed by atoms with Gasteiger partial charge in [-0.1, -0.05) is 37.6 Å². The molecule has 1 aliphatic heterocycles. The fourth-order valence-electron chi connectivity index (χ4n) is 2.72. The number of nitrogens with zero attached hydrogens (tertiary/aromatic N) is 1. The average Bonchev–Trinajstić information content (AvgIpc) is 2.86. The molecule has 1 heterocycles. The van der Waals surface area contributed by atoms with Crippen molar-refractivity contribution < 1.29 is 9.90 Å². The summed E-state index contributed by atoms with van der Waals surface area (Å²) >= 11 is 0. The Morgan fingerprint density at radius 3 is 2.63 bits per heavy atom. The van der Waals surface area contributed by atoms with E-state index in [9.17, 15) is 4.79 Å². The molecule has 1 aliphatic rings. The summed E-state index contributed by atoms with van der Waals surface area (Å²) in [5.41, 5.74) is 2.59. The van der Waals surface area contributed by atoms with Crippen molar-refractivity contribution in [1.29, 1.82) is 0 Å². The molecule has 1 N–H and O–H groups in total. The van der Waals surface area contributed by atoms with Gasteiger partial charge >= 0.3 is 5.97 Å². The van der Waals surface area contributed by atoms with Gasteiger partial charge in [0.25, 0.3) is 0 Å². The van der Waals surface area contributed by atoms with E-state index in [4.69, 9.17) is 5.11 Å². The van der Waals surface area contributed by atoms with E-state index < -0.39 is 5.97 Å². The van der Waals surface area contributed by atoms with Crippen LogP contribution in [0.3, 0.4) is 0 Å². The third-order valence-electron chi connectivity index (χ3n) is 3.88. The van der Waals surface area contributed by atoms with Crippen LogP contribution in [0.15, 0.2) is 24.3 Å². The lowest BCUT2D eigenvalue weighted by molar-refractivity contribution is -0.142. The molecule has 19 heavy (non-hydrogen) atoms. The van der Waals surface area contributed by atoms with Gasteiger partial charge in [-0.25, -0.2) is 0 Å². The number of aliphatic carboxylic acids is 1. The second kappa shape index (κ2) is 6.71. The Hall–Kier alpha value is -1.35. The van der Waals surface area contributed by atoms with Gasteiger partial charge in [-0.2, -0.15) is 0 Å². The number of unbranched alkanes of at least 4 members (excludes halogenated alkanes) is 1. The molecule has 0 bridgehead atoms. The first-order valence-electron chi connectivity index (χ1n) is 7.25. The van der Waals surface area contributed by atoms with Crippen molar-refractivity contribution in [3.63, 3.8) is 0 Å². The van der Waals surface area contributed by atoms with Crippen LogP contribution in [0, 0.1) is 0 Å². The van der Waals surface area contributed by atoms with Crippen LogP contribution in [-0.2, 0) is 17.8 Å². The number of hydrogen-bond acceptors (Lipinski definition) is 2. The van der Waals surface area contributed by atoms with Gasteiger partial charge < -0.3 is 5.11 Å². The van der Waals surface area contributed by atoms with Crippen LogP contribution in [-0.4, -0.2) is 28.6 Å². The lowest BCUT2D eigenvalue weighted by atomic mass is 10.1. The lowest BCUT2D eigenvalue weighted by Crippen LogP contribution is -2.35. The molecule has 3 heteroatoms. The fourth-order valence-corrected chi connectivity index (χ4v) is 2.72. The monoisotopic (exact) mass is 261 g/mol. The lowest BCUT2D eigenvalue weighted by Gasteiger charge is -2.21. The van der Waals surface area contributed by atoms with Gasteiger partial charge in [-0.05, 0) is 43.4 Å². The van der Waals surface area contributed by atoms with Crippen LogP contribution in [0.1, 0.15) is 43.7 Å². The van der Waals surface area contributed by atoms with Crippen LogP contribution in [0.5, 0.6) is 0 Å². The van der Waals surface area contributed by atoms with Gasteiger partial charge in [-0.3, -0.25) is 9.69 Å². The summed E-state index contributed by atoms with van der Waals surface area (Å²) in [6, 6.07) is 8.35. The van der Waals surface area contributed by atoms with Crippen LogP contribution in [0.25, 0.3) is 0 Å². The van der Waals surface area contributed by atoms with Crippen molar-refractivity contribution in [3.05, 3.63) is 35.4 Å². The first kappa shape index (κ1) is 14.1. The molecule has 3 nitrogen and oxygen atoms in total. The summed E-state index contributed by atoms with van der Waals surface area (Å²) in [6.45, 7) is 3.85. The average molecular weight is 261 g/mol. The Bertz CT molecular complexity index is 413. The SMILES string of the molecule is CCCCc1ccc(CN2CCCC2C(=O)O)cc1. The Kier molecular flexibility index (Phi) is 4.97. The molecule has 104 valence electrons. The van der Waals surface area contributed by atoms with E-state index in [-0.39, 0.29) is 6.04 Å². The zero-order chi connectivity index (χ0) is 13.7. The summed E-state index contributed by atoms with van der Waals surface area (Å²) < 4.78 is 0. The Labute approximate surface area is 115 Å². The molecule has 0 radical (unpaired) electrons. The van der Waals surface area contributed by atoms with Gasteiger partial charge in [0.1, 0.15) is 6.04 Å². The Morgan fingerprint density at radius 1 is 1.32 bits per heavy atom. The molecule has 0 spiro atoms. The predicted octanol–water partition coefficient (Wildman–Crippen LogP) is 3.08. The van der Waals surface area contributed by atoms with E-state index in [0.29, 0.717) is 0 Å². The first-order chi connectivity index (χ1) is 9.20. The van der Waals surface area contributed by atoms with Crippen LogP contribution in [0.4, 0.5) is 0 Å². The minimum atomic E-state index is -0.683. The summed E-state index contributed by atoms with van der Waals surface area (Å²) in [5.74, 6) is -0.683. The van der Waals surface area contributed by atoms with Crippen molar-refractivity contribution in [2.75, 3.05) is 6.54 Å². The van der Waals surface area contributed by atoms with Crippen molar-refractivity contribution in [3.8, 4) is 0 Å². The molecule has 0 saturated carbocycles. The first-order valence-corrected chi connectivity index (χ1v) is 7.25. The molecular formula is C16H23NO2. The van der Waals surface area contributed by atoms with E-state index in [2.05, 4.69) is 36.1 Å². The highest BCUT2D eigenvalue weighted by atomic mass is 16.4. The second-order valence-corrected chi connectivity index (χ2v) is 5.39. The zero-order valence-electron chi connectivity index (χ0n) is 11.6. The minimum Gasteiger partial charge on any atom is -0.480 e. The van der Waals surface area contributed by atoms with Crippen molar-refractivity contribution in [2.24, 2.45) is 0 Å². The molecular weight excluding hydrogens is 238 g/mol. The van der Waals surface area contributed by atoms with E-state index in [1.165, 1.54) is 24.0 Å². The summed E-state index contributed by atoms with van der Waals surface area (Å²) in [7, 11) is 0. The predicted molar refractivity (Wildman–Crippen MR) is 76.1 cm³/mol. The summed E-state index contributed by atoms with van der Waals surface area (Å²) in [5, 5.41) is 9.16. The highest BCUT2D eigenvalue weighted by molar-refractivity contribution is 5.73. The quantitative estimate of drug-likeness (QED) is 0.855. The van der Waals surface area contributed by atoms with E-state index in [1.807, 2.05) is 0 Å².